The van der Waals surface area contributed by atoms with Gasteiger partial charge in [0.2, 0.25) is 15.9 Å². The number of aromatic nitrogens is 2. The molecule has 1 atom stereocenters. The second-order valence-corrected chi connectivity index (χ2v) is 9.68. The first kappa shape index (κ1) is 22.0. The zero-order valence-electron chi connectivity index (χ0n) is 17.8. The van der Waals surface area contributed by atoms with E-state index in [2.05, 4.69) is 20.0 Å². The van der Waals surface area contributed by atoms with Gasteiger partial charge in [0.25, 0.3) is 0 Å². The molecule has 0 aliphatic rings. The number of nitrogens with zero attached hydrogens (tertiary/aromatic N) is 1. The van der Waals surface area contributed by atoms with Gasteiger partial charge in [-0.15, -0.1) is 0 Å². The predicted octanol–water partition coefficient (Wildman–Crippen LogP) is 3.27. The zero-order chi connectivity index (χ0) is 22.6. The molecule has 7 nitrogen and oxygen atoms in total. The van der Waals surface area contributed by atoms with Gasteiger partial charge in [0.1, 0.15) is 11.7 Å². The Kier molecular flexibility index (Phi) is 6.53. The summed E-state index contributed by atoms with van der Waals surface area (Å²) in [6, 6.07) is 16.7. The number of carbonyl (C=O) groups is 1. The van der Waals surface area contributed by atoms with Crippen molar-refractivity contribution in [2.24, 2.45) is 0 Å². The van der Waals surface area contributed by atoms with Gasteiger partial charge in [0.05, 0.1) is 5.75 Å². The summed E-state index contributed by atoms with van der Waals surface area (Å²) >= 11 is 0. The van der Waals surface area contributed by atoms with Crippen LogP contribution in [0.2, 0.25) is 0 Å². The quantitative estimate of drug-likeness (QED) is 0.364. The number of sulfonamides is 1. The lowest BCUT2D eigenvalue weighted by molar-refractivity contribution is -0.122. The summed E-state index contributed by atoms with van der Waals surface area (Å²) in [5.41, 5.74) is 2.53. The first-order valence-corrected chi connectivity index (χ1v) is 12.3. The van der Waals surface area contributed by atoms with Gasteiger partial charge in [0, 0.05) is 24.3 Å². The second kappa shape index (κ2) is 9.50. The summed E-state index contributed by atoms with van der Waals surface area (Å²) in [5.74, 6) is -0.396. The summed E-state index contributed by atoms with van der Waals surface area (Å²) in [7, 11) is -3.58. The molecule has 2 heterocycles. The van der Waals surface area contributed by atoms with Crippen molar-refractivity contribution in [2.75, 3.05) is 5.75 Å². The van der Waals surface area contributed by atoms with E-state index >= 15 is 0 Å². The SMILES string of the molecule is CCCS(=O)(=O)N[C@@H](Cc1cccc2ccccc12)C(=O)NCc1cnc2[nH]ccc2c1. The lowest BCUT2D eigenvalue weighted by Gasteiger charge is -2.19. The van der Waals surface area contributed by atoms with E-state index in [-0.39, 0.29) is 24.6 Å². The van der Waals surface area contributed by atoms with Crippen LogP contribution in [0.15, 0.2) is 67.0 Å². The molecule has 4 rings (SSSR count). The van der Waals surface area contributed by atoms with Crippen LogP contribution in [-0.2, 0) is 27.8 Å². The van der Waals surface area contributed by atoms with Crippen LogP contribution in [0.25, 0.3) is 21.8 Å². The van der Waals surface area contributed by atoms with Crippen LogP contribution in [0.5, 0.6) is 0 Å². The van der Waals surface area contributed by atoms with Crippen molar-refractivity contribution in [2.45, 2.75) is 32.4 Å². The zero-order valence-corrected chi connectivity index (χ0v) is 18.7. The number of nitrogens with one attached hydrogen (secondary N) is 3. The minimum atomic E-state index is -3.58. The summed E-state index contributed by atoms with van der Waals surface area (Å²) < 4.78 is 27.6. The highest BCUT2D eigenvalue weighted by atomic mass is 32.2. The third-order valence-corrected chi connectivity index (χ3v) is 6.93. The molecule has 0 fully saturated rings. The minimum absolute atomic E-state index is 0.0274. The molecular formula is C24H26N4O3S. The van der Waals surface area contributed by atoms with E-state index in [1.165, 1.54) is 0 Å². The van der Waals surface area contributed by atoms with Gasteiger partial charge in [-0.05, 0) is 46.9 Å². The fourth-order valence-electron chi connectivity index (χ4n) is 3.82. The van der Waals surface area contributed by atoms with Crippen molar-refractivity contribution < 1.29 is 13.2 Å². The predicted molar refractivity (Wildman–Crippen MR) is 127 cm³/mol. The van der Waals surface area contributed by atoms with Crippen molar-refractivity contribution in [3.8, 4) is 0 Å². The van der Waals surface area contributed by atoms with Crippen LogP contribution in [0, 0.1) is 0 Å². The highest BCUT2D eigenvalue weighted by Gasteiger charge is 2.25. The van der Waals surface area contributed by atoms with E-state index in [1.54, 1.807) is 13.1 Å². The van der Waals surface area contributed by atoms with Gasteiger partial charge >= 0.3 is 0 Å². The molecule has 2 aromatic heterocycles. The Morgan fingerprint density at radius 2 is 1.91 bits per heavy atom. The number of H-pyrrole nitrogens is 1. The number of amides is 1. The summed E-state index contributed by atoms with van der Waals surface area (Å²) in [4.78, 5) is 20.5. The molecule has 0 radical (unpaired) electrons. The third kappa shape index (κ3) is 5.15. The van der Waals surface area contributed by atoms with Crippen LogP contribution in [0.3, 0.4) is 0 Å². The first-order chi connectivity index (χ1) is 15.4. The summed E-state index contributed by atoms with van der Waals surface area (Å²) in [5, 5.41) is 5.88. The Hall–Kier alpha value is -3.23. The smallest absolute Gasteiger partial charge is 0.238 e. The Morgan fingerprint density at radius 1 is 1.09 bits per heavy atom. The van der Waals surface area contributed by atoms with E-state index < -0.39 is 16.1 Å². The fourth-order valence-corrected chi connectivity index (χ4v) is 5.10. The highest BCUT2D eigenvalue weighted by molar-refractivity contribution is 7.89. The lowest BCUT2D eigenvalue weighted by atomic mass is 9.99. The Balaban J connectivity index is 1.55. The number of carbonyl (C=O) groups excluding carboxylic acids is 1. The van der Waals surface area contributed by atoms with Crippen molar-refractivity contribution in [1.29, 1.82) is 0 Å². The highest BCUT2D eigenvalue weighted by Crippen LogP contribution is 2.20. The molecule has 2 aromatic carbocycles. The Morgan fingerprint density at radius 3 is 2.75 bits per heavy atom. The fraction of sp³-hybridized carbons (Fsp3) is 0.250. The van der Waals surface area contributed by atoms with Crippen molar-refractivity contribution >= 4 is 37.7 Å². The third-order valence-electron chi connectivity index (χ3n) is 5.34. The Labute approximate surface area is 187 Å². The normalized spacial score (nSPS) is 12.8. The largest absolute Gasteiger partial charge is 0.351 e. The average molecular weight is 451 g/mol. The molecule has 3 N–H and O–H groups in total. The molecule has 0 unspecified atom stereocenters. The van der Waals surface area contributed by atoms with Crippen molar-refractivity contribution in [3.05, 3.63) is 78.1 Å². The molecule has 166 valence electrons. The maximum absolute atomic E-state index is 13.1. The molecule has 8 heteroatoms. The molecule has 0 bridgehead atoms. The van der Waals surface area contributed by atoms with E-state index in [0.717, 1.165) is 32.9 Å². The maximum atomic E-state index is 13.1. The van der Waals surface area contributed by atoms with Crippen LogP contribution in [0.1, 0.15) is 24.5 Å². The molecule has 0 saturated heterocycles. The molecule has 0 saturated carbocycles. The van der Waals surface area contributed by atoms with E-state index in [0.29, 0.717) is 6.42 Å². The summed E-state index contributed by atoms with van der Waals surface area (Å²) in [6.45, 7) is 2.05. The molecule has 32 heavy (non-hydrogen) atoms. The average Bonchev–Trinajstić information content (AvgIpc) is 3.25. The number of fused-ring (bicyclic) bond motifs is 2. The molecule has 4 aromatic rings. The molecule has 0 aliphatic heterocycles. The number of hydrogen-bond donors (Lipinski definition) is 3. The van der Waals surface area contributed by atoms with E-state index in [4.69, 9.17) is 0 Å². The molecule has 0 aliphatic carbocycles. The second-order valence-electron chi connectivity index (χ2n) is 7.81. The van der Waals surface area contributed by atoms with Gasteiger partial charge < -0.3 is 10.3 Å². The minimum Gasteiger partial charge on any atom is -0.351 e. The van der Waals surface area contributed by atoms with Crippen molar-refractivity contribution in [1.82, 2.24) is 20.0 Å². The molecule has 1 amide bonds. The van der Waals surface area contributed by atoms with Gasteiger partial charge in [-0.1, -0.05) is 49.4 Å². The standard InChI is InChI=1S/C24H26N4O3S/c1-2-12-32(30,31)28-22(14-19-8-5-7-18-6-3-4-9-21(18)19)24(29)27-16-17-13-20-10-11-25-23(20)26-15-17/h3-11,13,15,22,28H,2,12,14,16H2,1H3,(H,25,26)(H,27,29)/t22-/m0/s1. The van der Waals surface area contributed by atoms with Crippen LogP contribution < -0.4 is 10.0 Å². The van der Waals surface area contributed by atoms with Crippen LogP contribution in [-0.4, -0.2) is 36.1 Å². The van der Waals surface area contributed by atoms with Crippen molar-refractivity contribution in [3.63, 3.8) is 0 Å². The number of benzene rings is 2. The molecular weight excluding hydrogens is 424 g/mol. The monoisotopic (exact) mass is 450 g/mol. The van der Waals surface area contributed by atoms with E-state index in [9.17, 15) is 13.2 Å². The number of hydrogen-bond acceptors (Lipinski definition) is 4. The maximum Gasteiger partial charge on any atom is 0.238 e. The van der Waals surface area contributed by atoms with E-state index in [1.807, 2.05) is 60.8 Å². The van der Waals surface area contributed by atoms with Crippen LogP contribution in [0.4, 0.5) is 0 Å². The van der Waals surface area contributed by atoms with Gasteiger partial charge in [-0.2, -0.15) is 0 Å². The first-order valence-electron chi connectivity index (χ1n) is 10.6. The number of rotatable bonds is 9. The van der Waals surface area contributed by atoms with Gasteiger partial charge in [0.15, 0.2) is 0 Å². The number of pyridine rings is 1. The van der Waals surface area contributed by atoms with Crippen LogP contribution >= 0.6 is 0 Å². The van der Waals surface area contributed by atoms with Gasteiger partial charge in [-0.3, -0.25) is 4.79 Å². The molecule has 0 spiro atoms. The van der Waals surface area contributed by atoms with Gasteiger partial charge in [-0.25, -0.2) is 18.1 Å². The summed E-state index contributed by atoms with van der Waals surface area (Å²) in [6.07, 6.45) is 4.23. The topological polar surface area (TPSA) is 104 Å². The Bertz CT molecular complexity index is 1340. The lowest BCUT2D eigenvalue weighted by Crippen LogP contribution is -2.48. The number of aromatic amines is 1.